The van der Waals surface area contributed by atoms with Gasteiger partial charge in [0.1, 0.15) is 0 Å². The summed E-state index contributed by atoms with van der Waals surface area (Å²) in [7, 11) is 0. The molecular weight excluding hydrogens is 294 g/mol. The molecule has 0 aliphatic carbocycles. The molecule has 0 fully saturated rings. The van der Waals surface area contributed by atoms with Crippen molar-refractivity contribution < 1.29 is 4.79 Å². The minimum absolute atomic E-state index is 0.0192. The number of hydrogen-bond acceptors (Lipinski definition) is 4. The molecule has 0 atom stereocenters. The number of thiazole rings is 1. The number of amides is 1. The lowest BCUT2D eigenvalue weighted by Crippen LogP contribution is -2.16. The molecule has 0 aliphatic rings. The van der Waals surface area contributed by atoms with Crippen LogP contribution in [0.3, 0.4) is 0 Å². The van der Waals surface area contributed by atoms with Crippen molar-refractivity contribution in [1.82, 2.24) is 4.98 Å². The van der Waals surface area contributed by atoms with Crippen LogP contribution in [0.15, 0.2) is 36.4 Å². The fraction of sp³-hybridized carbons (Fsp3) is 0.176. The summed E-state index contributed by atoms with van der Waals surface area (Å²) in [6.45, 7) is 3.96. The highest BCUT2D eigenvalue weighted by Crippen LogP contribution is 2.34. The molecule has 0 aliphatic heterocycles. The van der Waals surface area contributed by atoms with E-state index in [0.717, 1.165) is 32.6 Å². The Morgan fingerprint density at radius 1 is 1.27 bits per heavy atom. The third-order valence-electron chi connectivity index (χ3n) is 3.60. The lowest BCUT2D eigenvalue weighted by molar-refractivity contribution is -0.115. The van der Waals surface area contributed by atoms with Crippen molar-refractivity contribution in [3.63, 3.8) is 0 Å². The Morgan fingerprint density at radius 2 is 2.00 bits per heavy atom. The zero-order valence-electron chi connectivity index (χ0n) is 12.5. The first-order chi connectivity index (χ1) is 10.5. The van der Waals surface area contributed by atoms with E-state index in [4.69, 9.17) is 5.73 Å². The highest BCUT2D eigenvalue weighted by molar-refractivity contribution is 7.22. The van der Waals surface area contributed by atoms with Gasteiger partial charge in [0.25, 0.3) is 0 Å². The minimum atomic E-state index is -0.0192. The average molecular weight is 311 g/mol. The van der Waals surface area contributed by atoms with E-state index in [2.05, 4.69) is 10.3 Å². The van der Waals surface area contributed by atoms with E-state index in [9.17, 15) is 4.79 Å². The van der Waals surface area contributed by atoms with E-state index >= 15 is 0 Å². The van der Waals surface area contributed by atoms with Crippen LogP contribution in [-0.4, -0.2) is 10.9 Å². The van der Waals surface area contributed by atoms with Crippen molar-refractivity contribution in [2.45, 2.75) is 20.3 Å². The second-order valence-electron chi connectivity index (χ2n) is 5.30. The smallest absolute Gasteiger partial charge is 0.228 e. The molecule has 0 saturated heterocycles. The zero-order chi connectivity index (χ0) is 15.7. The van der Waals surface area contributed by atoms with E-state index in [1.807, 2.05) is 50.2 Å². The second-order valence-corrected chi connectivity index (χ2v) is 6.34. The Morgan fingerprint density at radius 3 is 2.73 bits per heavy atom. The maximum absolute atomic E-state index is 12.3. The van der Waals surface area contributed by atoms with Crippen LogP contribution >= 0.6 is 11.3 Å². The van der Waals surface area contributed by atoms with Gasteiger partial charge in [0.15, 0.2) is 5.13 Å². The molecule has 4 nitrogen and oxygen atoms in total. The number of benzene rings is 2. The Bertz CT molecular complexity index is 840. The monoisotopic (exact) mass is 311 g/mol. The van der Waals surface area contributed by atoms with Crippen molar-refractivity contribution in [2.75, 3.05) is 11.1 Å². The molecule has 1 aromatic heterocycles. The predicted octanol–water partition coefficient (Wildman–Crippen LogP) is 3.68. The molecule has 112 valence electrons. The van der Waals surface area contributed by atoms with Crippen LogP contribution in [0.1, 0.15) is 16.7 Å². The Labute approximate surface area is 133 Å². The van der Waals surface area contributed by atoms with Gasteiger partial charge in [-0.15, -0.1) is 0 Å². The Balaban J connectivity index is 1.88. The van der Waals surface area contributed by atoms with Crippen molar-refractivity contribution in [3.05, 3.63) is 53.1 Å². The molecule has 0 saturated carbocycles. The second kappa shape index (κ2) is 5.77. The number of carbonyl (C=O) groups is 1. The van der Waals surface area contributed by atoms with Gasteiger partial charge in [0, 0.05) is 5.69 Å². The number of carbonyl (C=O) groups excluding carboxylic acids is 1. The number of nitrogen functional groups attached to an aromatic ring is 1. The molecule has 1 amide bonds. The van der Waals surface area contributed by atoms with Crippen molar-refractivity contribution >= 4 is 38.3 Å². The normalized spacial score (nSPS) is 10.8. The summed E-state index contributed by atoms with van der Waals surface area (Å²) in [6.07, 6.45) is 0.364. The van der Waals surface area contributed by atoms with Gasteiger partial charge in [-0.05, 0) is 36.6 Å². The highest BCUT2D eigenvalue weighted by Gasteiger charge is 2.14. The lowest BCUT2D eigenvalue weighted by atomic mass is 10.1. The van der Waals surface area contributed by atoms with E-state index in [-0.39, 0.29) is 5.91 Å². The number of rotatable bonds is 3. The molecule has 3 aromatic rings. The number of nitrogens with zero attached hydrogens (tertiary/aromatic N) is 1. The summed E-state index contributed by atoms with van der Waals surface area (Å²) < 4.78 is 1.03. The van der Waals surface area contributed by atoms with Crippen LogP contribution in [0.5, 0.6) is 0 Å². The van der Waals surface area contributed by atoms with E-state index in [1.165, 1.54) is 11.3 Å². The summed E-state index contributed by atoms with van der Waals surface area (Å²) in [4.78, 5) is 16.6. The van der Waals surface area contributed by atoms with Gasteiger partial charge in [0.2, 0.25) is 5.91 Å². The number of aryl methyl sites for hydroxylation is 2. The Kier molecular flexibility index (Phi) is 3.81. The van der Waals surface area contributed by atoms with Crippen molar-refractivity contribution in [2.24, 2.45) is 0 Å². The van der Waals surface area contributed by atoms with Crippen LogP contribution in [0.25, 0.3) is 10.2 Å². The minimum Gasteiger partial charge on any atom is -0.375 e. The molecule has 0 unspecified atom stereocenters. The fourth-order valence-corrected chi connectivity index (χ4v) is 3.38. The highest BCUT2D eigenvalue weighted by atomic mass is 32.1. The van der Waals surface area contributed by atoms with Gasteiger partial charge in [0.05, 0.1) is 16.6 Å². The lowest BCUT2D eigenvalue weighted by Gasteiger charge is -2.12. The summed E-state index contributed by atoms with van der Waals surface area (Å²) in [5.41, 5.74) is 10.5. The first-order valence-corrected chi connectivity index (χ1v) is 7.86. The van der Waals surface area contributed by atoms with Crippen LogP contribution in [0.4, 0.5) is 10.8 Å². The molecule has 2 aromatic carbocycles. The SMILES string of the molecule is Cc1cc2nc(N)sc2c(C)c1NC(=O)Cc1ccccc1. The summed E-state index contributed by atoms with van der Waals surface area (Å²) >= 11 is 1.45. The van der Waals surface area contributed by atoms with E-state index in [0.29, 0.717) is 11.6 Å². The van der Waals surface area contributed by atoms with E-state index < -0.39 is 0 Å². The van der Waals surface area contributed by atoms with Crippen LogP contribution < -0.4 is 11.1 Å². The van der Waals surface area contributed by atoms with Gasteiger partial charge < -0.3 is 11.1 Å². The number of anilines is 2. The third kappa shape index (κ3) is 2.80. The van der Waals surface area contributed by atoms with Gasteiger partial charge in [-0.3, -0.25) is 4.79 Å². The van der Waals surface area contributed by atoms with Crippen LogP contribution in [-0.2, 0) is 11.2 Å². The fourth-order valence-electron chi connectivity index (χ4n) is 2.56. The number of aromatic nitrogens is 1. The maximum Gasteiger partial charge on any atom is 0.228 e. The standard InChI is InChI=1S/C17H17N3OS/c1-10-8-13-16(22-17(18)19-13)11(2)15(10)20-14(21)9-12-6-4-3-5-7-12/h3-8H,9H2,1-2H3,(H2,18,19)(H,20,21). The van der Waals surface area contributed by atoms with Gasteiger partial charge >= 0.3 is 0 Å². The molecular formula is C17H17N3OS. The zero-order valence-corrected chi connectivity index (χ0v) is 13.3. The molecule has 22 heavy (non-hydrogen) atoms. The number of nitrogens with two attached hydrogens (primary N) is 1. The Hall–Kier alpha value is -2.40. The van der Waals surface area contributed by atoms with Crippen LogP contribution in [0.2, 0.25) is 0 Å². The number of hydrogen-bond donors (Lipinski definition) is 2. The quantitative estimate of drug-likeness (QED) is 0.775. The van der Waals surface area contributed by atoms with Crippen LogP contribution in [0, 0.1) is 13.8 Å². The molecule has 5 heteroatoms. The summed E-state index contributed by atoms with van der Waals surface area (Å²) in [5, 5.41) is 3.57. The first kappa shape index (κ1) is 14.5. The largest absolute Gasteiger partial charge is 0.375 e. The third-order valence-corrected chi connectivity index (χ3v) is 4.62. The van der Waals surface area contributed by atoms with Gasteiger partial charge in [-0.25, -0.2) is 4.98 Å². The molecule has 3 N–H and O–H groups in total. The van der Waals surface area contributed by atoms with Gasteiger partial charge in [-0.2, -0.15) is 0 Å². The molecule has 0 bridgehead atoms. The van der Waals surface area contributed by atoms with E-state index in [1.54, 1.807) is 0 Å². The van der Waals surface area contributed by atoms with Crippen molar-refractivity contribution in [3.8, 4) is 0 Å². The topological polar surface area (TPSA) is 68.0 Å². The predicted molar refractivity (Wildman–Crippen MR) is 92.3 cm³/mol. The molecule has 1 heterocycles. The summed E-state index contributed by atoms with van der Waals surface area (Å²) in [5.74, 6) is -0.0192. The number of fused-ring (bicyclic) bond motifs is 1. The average Bonchev–Trinajstić information content (AvgIpc) is 2.85. The van der Waals surface area contributed by atoms with Crippen molar-refractivity contribution in [1.29, 1.82) is 0 Å². The van der Waals surface area contributed by atoms with Gasteiger partial charge in [-0.1, -0.05) is 41.7 Å². The maximum atomic E-state index is 12.3. The first-order valence-electron chi connectivity index (χ1n) is 7.04. The summed E-state index contributed by atoms with van der Waals surface area (Å²) in [6, 6.07) is 11.7. The number of nitrogens with one attached hydrogen (secondary N) is 1. The molecule has 0 radical (unpaired) electrons. The molecule has 3 rings (SSSR count). The molecule has 0 spiro atoms.